The van der Waals surface area contributed by atoms with Gasteiger partial charge in [-0.1, -0.05) is 141 Å². The first-order valence-corrected chi connectivity index (χ1v) is 17.0. The third kappa shape index (κ3) is 5.90. The van der Waals surface area contributed by atoms with E-state index in [1.807, 2.05) is 72.9 Å². The number of hydrogen-bond donors (Lipinski definition) is 0. The van der Waals surface area contributed by atoms with Crippen LogP contribution in [-0.2, 0) is 38.3 Å². The van der Waals surface area contributed by atoms with Gasteiger partial charge in [0.1, 0.15) is 5.41 Å². The minimum absolute atomic E-state index is 0. The first-order chi connectivity index (χ1) is 24.1. The van der Waals surface area contributed by atoms with Gasteiger partial charge in [0.25, 0.3) is 0 Å². The number of para-hydroxylation sites is 2. The first kappa shape index (κ1) is 33.4. The van der Waals surface area contributed by atoms with Crippen molar-refractivity contribution in [2.24, 2.45) is 0 Å². The number of nitrogens with zero attached hydrogens (tertiary/aromatic N) is 5. The van der Waals surface area contributed by atoms with E-state index >= 15 is 0 Å². The second-order valence-electron chi connectivity index (χ2n) is 13.4. The van der Waals surface area contributed by atoms with E-state index in [1.54, 1.807) is 0 Å². The fourth-order valence-corrected chi connectivity index (χ4v) is 7.58. The summed E-state index contributed by atoms with van der Waals surface area (Å²) in [6.07, 6.45) is 5.18. The Morgan fingerprint density at radius 1 is 0.620 bits per heavy atom. The van der Waals surface area contributed by atoms with E-state index in [0.717, 1.165) is 59.1 Å². The molecule has 0 unspecified atom stereocenters. The van der Waals surface area contributed by atoms with Crippen LogP contribution in [0.1, 0.15) is 60.5 Å². The second kappa shape index (κ2) is 14.0. The van der Waals surface area contributed by atoms with Crippen LogP contribution in [0.4, 0.5) is 11.4 Å². The SMILES string of the molecule is CC1(C)CCCc2c1n[n-]c2-c1cccc(C2(c3ccccn3)c3ccccc3-c3ccccc32)n1.[Pt+2].c1ccc([N-]c2ccccc2)cc1. The average Bonchev–Trinajstić information content (AvgIpc) is 3.73. The molecule has 9 rings (SSSR count). The summed E-state index contributed by atoms with van der Waals surface area (Å²) in [4.78, 5) is 10.3. The molecule has 0 amide bonds. The predicted octanol–water partition coefficient (Wildman–Crippen LogP) is 10.5. The van der Waals surface area contributed by atoms with Crippen LogP contribution in [0.25, 0.3) is 27.8 Å². The average molecular weight is 831 g/mol. The Morgan fingerprint density at radius 2 is 1.20 bits per heavy atom. The smallest absolute Gasteiger partial charge is 0.658 e. The number of pyridine rings is 2. The molecule has 5 nitrogen and oxygen atoms in total. The molecule has 3 aromatic heterocycles. The van der Waals surface area contributed by atoms with Crippen LogP contribution < -0.4 is 5.10 Å². The van der Waals surface area contributed by atoms with Crippen LogP contribution in [0.2, 0.25) is 0 Å². The summed E-state index contributed by atoms with van der Waals surface area (Å²) in [5.74, 6) is 0. The standard InChI is InChI=1S/C32H27N4.C12H10N.Pt/c1-31(2)19-10-13-23-29(35-36-30(23)31)26-16-9-18-28(34-26)32(27-17-7-8-20-33-27)24-14-5-3-11-21(24)22-12-4-6-15-25(22)32;1-3-7-11(8-4-1)13-12-9-5-2-6-10-12;/h3-9,11-12,14-18,20H,10,13,19H2,1-2H3;1-10H;/q2*-1;+2. The van der Waals surface area contributed by atoms with Crippen LogP contribution in [0, 0.1) is 0 Å². The van der Waals surface area contributed by atoms with Crippen molar-refractivity contribution < 1.29 is 21.1 Å². The maximum Gasteiger partial charge on any atom is 2.00 e. The minimum atomic E-state index is -0.607. The molecule has 0 radical (unpaired) electrons. The van der Waals surface area contributed by atoms with Gasteiger partial charge in [0.05, 0.1) is 17.1 Å². The van der Waals surface area contributed by atoms with Crippen molar-refractivity contribution in [1.29, 1.82) is 0 Å². The van der Waals surface area contributed by atoms with Crippen molar-refractivity contribution in [3.8, 4) is 22.5 Å². The van der Waals surface area contributed by atoms with Gasteiger partial charge in [0.15, 0.2) is 0 Å². The van der Waals surface area contributed by atoms with Gasteiger partial charge < -0.3 is 15.5 Å². The molecule has 2 aliphatic rings. The molecule has 3 heterocycles. The third-order valence-corrected chi connectivity index (χ3v) is 9.84. The third-order valence-electron chi connectivity index (χ3n) is 9.84. The van der Waals surface area contributed by atoms with Crippen LogP contribution in [0.3, 0.4) is 0 Å². The van der Waals surface area contributed by atoms with Gasteiger partial charge in [-0.25, -0.2) is 0 Å². The molecule has 4 aromatic carbocycles. The minimum Gasteiger partial charge on any atom is -0.658 e. The summed E-state index contributed by atoms with van der Waals surface area (Å²) in [6, 6.07) is 49.7. The van der Waals surface area contributed by atoms with Crippen molar-refractivity contribution in [2.75, 3.05) is 0 Å². The monoisotopic (exact) mass is 830 g/mol. The normalized spacial score (nSPS) is 14.5. The maximum atomic E-state index is 5.36. The molecule has 0 saturated heterocycles. The Balaban J connectivity index is 0.000000236. The van der Waals surface area contributed by atoms with Crippen molar-refractivity contribution in [3.05, 3.63) is 191 Å². The molecular formula is C44H37N5Pt. The van der Waals surface area contributed by atoms with Crippen LogP contribution in [0.15, 0.2) is 152 Å². The second-order valence-corrected chi connectivity index (χ2v) is 13.4. The first-order valence-electron chi connectivity index (χ1n) is 17.0. The molecule has 6 heteroatoms. The van der Waals surface area contributed by atoms with Gasteiger partial charge in [-0.2, -0.15) is 0 Å². The van der Waals surface area contributed by atoms with Crippen LogP contribution >= 0.6 is 0 Å². The molecule has 2 aliphatic carbocycles. The van der Waals surface area contributed by atoms with E-state index < -0.39 is 5.41 Å². The van der Waals surface area contributed by atoms with Gasteiger partial charge in [-0.05, 0) is 71.3 Å². The molecule has 0 atom stereocenters. The van der Waals surface area contributed by atoms with Crippen LogP contribution in [0.5, 0.6) is 0 Å². The van der Waals surface area contributed by atoms with E-state index in [4.69, 9.17) is 9.97 Å². The largest absolute Gasteiger partial charge is 2.00 e. The van der Waals surface area contributed by atoms with Crippen molar-refractivity contribution in [1.82, 2.24) is 20.2 Å². The predicted molar refractivity (Wildman–Crippen MR) is 197 cm³/mol. The van der Waals surface area contributed by atoms with Gasteiger partial charge >= 0.3 is 21.1 Å². The molecule has 0 bridgehead atoms. The maximum absolute atomic E-state index is 5.36. The Morgan fingerprint density at radius 3 is 1.82 bits per heavy atom. The zero-order chi connectivity index (χ0) is 33.3. The van der Waals surface area contributed by atoms with E-state index in [-0.39, 0.29) is 26.5 Å². The summed E-state index contributed by atoms with van der Waals surface area (Å²) in [7, 11) is 0. The van der Waals surface area contributed by atoms with Gasteiger partial charge in [-0.15, -0.1) is 11.4 Å². The number of hydrogen-bond acceptors (Lipinski definition) is 3. The zero-order valence-corrected chi connectivity index (χ0v) is 30.4. The molecule has 0 saturated carbocycles. The van der Waals surface area contributed by atoms with E-state index in [2.05, 4.69) is 108 Å². The Hall–Kier alpha value is -5.12. The summed E-state index contributed by atoms with van der Waals surface area (Å²) >= 11 is 0. The van der Waals surface area contributed by atoms with Crippen molar-refractivity contribution >= 4 is 11.4 Å². The molecule has 50 heavy (non-hydrogen) atoms. The topological polar surface area (TPSA) is 66.9 Å². The number of fused-ring (bicyclic) bond motifs is 4. The molecule has 0 fully saturated rings. The van der Waals surface area contributed by atoms with Gasteiger partial charge in [-0.3, -0.25) is 9.97 Å². The van der Waals surface area contributed by atoms with Crippen LogP contribution in [-0.4, -0.2) is 15.1 Å². The quantitative estimate of drug-likeness (QED) is 0.173. The zero-order valence-electron chi connectivity index (χ0n) is 28.1. The molecule has 0 N–H and O–H groups in total. The Kier molecular flexibility index (Phi) is 9.35. The molecule has 0 spiro atoms. The molecule has 7 aromatic rings. The summed E-state index contributed by atoms with van der Waals surface area (Å²) in [5.41, 5.74) is 12.5. The van der Waals surface area contributed by atoms with E-state index in [1.165, 1.54) is 27.8 Å². The number of rotatable bonds is 5. The number of aromatic nitrogens is 4. The fraction of sp³-hybridized carbons (Fsp3) is 0.159. The van der Waals surface area contributed by atoms with Crippen molar-refractivity contribution in [3.63, 3.8) is 0 Å². The Bertz CT molecular complexity index is 2130. The van der Waals surface area contributed by atoms with Crippen molar-refractivity contribution in [2.45, 2.75) is 43.9 Å². The summed E-state index contributed by atoms with van der Waals surface area (Å²) < 4.78 is 0. The Labute approximate surface area is 308 Å². The van der Waals surface area contributed by atoms with E-state index in [9.17, 15) is 0 Å². The summed E-state index contributed by atoms with van der Waals surface area (Å²) in [5, 5.41) is 13.8. The fourth-order valence-electron chi connectivity index (χ4n) is 7.58. The van der Waals surface area contributed by atoms with Gasteiger partial charge in [0.2, 0.25) is 0 Å². The molecular weight excluding hydrogens is 794 g/mol. The molecule has 248 valence electrons. The van der Waals surface area contributed by atoms with E-state index in [0.29, 0.717) is 0 Å². The number of benzene rings is 4. The molecule has 0 aliphatic heterocycles. The summed E-state index contributed by atoms with van der Waals surface area (Å²) in [6.45, 7) is 4.55. The van der Waals surface area contributed by atoms with Gasteiger partial charge in [0, 0.05) is 17.3 Å².